The Labute approximate surface area is 141 Å². The number of methoxy groups -OCH3 is 1. The van der Waals surface area contributed by atoms with Crippen LogP contribution in [0.5, 0.6) is 11.6 Å². The van der Waals surface area contributed by atoms with Crippen LogP contribution in [0.15, 0.2) is 47.5 Å². The number of carbonyl (C=O) groups excluding carboxylic acids is 2. The zero-order valence-corrected chi connectivity index (χ0v) is 13.2. The Morgan fingerprint density at radius 1 is 1.28 bits per heavy atom. The second-order valence-corrected chi connectivity index (χ2v) is 4.94. The van der Waals surface area contributed by atoms with Gasteiger partial charge in [-0.3, -0.25) is 19.5 Å². The van der Waals surface area contributed by atoms with Crippen LogP contribution in [0.4, 0.5) is 0 Å². The third-order valence-electron chi connectivity index (χ3n) is 3.34. The van der Waals surface area contributed by atoms with Crippen LogP contribution in [0.2, 0.25) is 0 Å². The number of esters is 1. The Kier molecular flexibility index (Phi) is 4.46. The fraction of sp³-hybridized carbons (Fsp3) is 0.125. The Bertz CT molecular complexity index is 977. The van der Waals surface area contributed by atoms with Crippen molar-refractivity contribution in [3.8, 4) is 11.6 Å². The number of nitrogens with one attached hydrogen (secondary N) is 2. The Balaban J connectivity index is 1.97. The first-order valence-electron chi connectivity index (χ1n) is 7.27. The van der Waals surface area contributed by atoms with Gasteiger partial charge in [0, 0.05) is 6.07 Å². The summed E-state index contributed by atoms with van der Waals surface area (Å²) >= 11 is 0. The molecule has 2 heterocycles. The number of fused-ring (bicyclic) bond motifs is 1. The molecule has 0 aliphatic rings. The van der Waals surface area contributed by atoms with Crippen LogP contribution in [0.25, 0.3) is 5.65 Å². The summed E-state index contributed by atoms with van der Waals surface area (Å²) in [5.41, 5.74) is -0.702. The van der Waals surface area contributed by atoms with Crippen LogP contribution in [0.3, 0.4) is 0 Å². The quantitative estimate of drug-likeness (QED) is 0.660. The number of hydrogen-bond donors (Lipinski definition) is 2. The summed E-state index contributed by atoms with van der Waals surface area (Å²) in [6.07, 6.45) is 1.32. The van der Waals surface area contributed by atoms with Gasteiger partial charge >= 0.3 is 5.97 Å². The van der Waals surface area contributed by atoms with Crippen LogP contribution in [0, 0.1) is 0 Å². The van der Waals surface area contributed by atoms with Crippen molar-refractivity contribution < 1.29 is 19.1 Å². The lowest BCUT2D eigenvalue weighted by Gasteiger charge is -2.09. The maximum atomic E-state index is 12.4. The molecule has 0 atom stereocenters. The normalized spacial score (nSPS) is 10.4. The van der Waals surface area contributed by atoms with E-state index in [1.54, 1.807) is 24.3 Å². The van der Waals surface area contributed by atoms with Gasteiger partial charge in [0.05, 0.1) is 7.11 Å². The number of carbonyl (C=O) groups is 2. The summed E-state index contributed by atoms with van der Waals surface area (Å²) in [5.74, 6) is -0.663. The number of para-hydroxylation sites is 1. The van der Waals surface area contributed by atoms with Crippen LogP contribution >= 0.6 is 0 Å². The van der Waals surface area contributed by atoms with Crippen molar-refractivity contribution in [2.75, 3.05) is 13.7 Å². The van der Waals surface area contributed by atoms with E-state index in [0.717, 1.165) is 0 Å². The highest BCUT2D eigenvalue weighted by Gasteiger charge is 2.20. The minimum absolute atomic E-state index is 0.0841. The van der Waals surface area contributed by atoms with Crippen molar-refractivity contribution in [3.63, 3.8) is 0 Å². The SMILES string of the molecule is COC(=O)CNC(=O)c1c(=O)cc(Oc2ccccc2)n2[nH]cnc12. The molecule has 2 N–H and O–H groups in total. The predicted molar refractivity (Wildman–Crippen MR) is 86.7 cm³/mol. The van der Waals surface area contributed by atoms with Crippen molar-refractivity contribution in [1.82, 2.24) is 19.9 Å². The highest BCUT2D eigenvalue weighted by molar-refractivity contribution is 6.00. The zero-order valence-electron chi connectivity index (χ0n) is 13.2. The number of nitrogens with zero attached hydrogens (tertiary/aromatic N) is 2. The van der Waals surface area contributed by atoms with E-state index in [-0.39, 0.29) is 23.6 Å². The van der Waals surface area contributed by atoms with Crippen LogP contribution in [-0.4, -0.2) is 40.1 Å². The van der Waals surface area contributed by atoms with Crippen LogP contribution < -0.4 is 15.5 Å². The molecule has 128 valence electrons. The van der Waals surface area contributed by atoms with Gasteiger partial charge in [0.2, 0.25) is 11.3 Å². The number of H-pyrrole nitrogens is 1. The van der Waals surface area contributed by atoms with Gasteiger partial charge in [-0.15, -0.1) is 0 Å². The molecule has 3 rings (SSSR count). The van der Waals surface area contributed by atoms with Crippen LogP contribution in [-0.2, 0) is 9.53 Å². The third-order valence-corrected chi connectivity index (χ3v) is 3.34. The van der Waals surface area contributed by atoms with E-state index in [1.807, 2.05) is 6.07 Å². The number of benzene rings is 1. The van der Waals surface area contributed by atoms with Crippen molar-refractivity contribution >= 4 is 17.5 Å². The highest BCUT2D eigenvalue weighted by Crippen LogP contribution is 2.20. The summed E-state index contributed by atoms with van der Waals surface area (Å²) in [4.78, 5) is 39.8. The van der Waals surface area contributed by atoms with Crippen molar-refractivity contribution in [2.45, 2.75) is 0 Å². The third kappa shape index (κ3) is 3.34. The van der Waals surface area contributed by atoms with Gasteiger partial charge in [-0.05, 0) is 12.1 Å². The minimum atomic E-state index is -0.730. The molecular formula is C16H14N4O5. The smallest absolute Gasteiger partial charge is 0.325 e. The molecule has 9 nitrogen and oxygen atoms in total. The van der Waals surface area contributed by atoms with Gasteiger partial charge < -0.3 is 14.8 Å². The number of amides is 1. The fourth-order valence-electron chi connectivity index (χ4n) is 2.18. The first-order chi connectivity index (χ1) is 12.1. The average molecular weight is 342 g/mol. The Morgan fingerprint density at radius 2 is 2.04 bits per heavy atom. The van der Waals surface area contributed by atoms with Crippen molar-refractivity contribution in [2.24, 2.45) is 0 Å². The van der Waals surface area contributed by atoms with E-state index in [2.05, 4.69) is 20.1 Å². The monoisotopic (exact) mass is 342 g/mol. The lowest BCUT2D eigenvalue weighted by molar-refractivity contribution is -0.139. The van der Waals surface area contributed by atoms with Crippen molar-refractivity contribution in [3.05, 3.63) is 58.5 Å². The number of rotatable bonds is 5. The average Bonchev–Trinajstić information content (AvgIpc) is 3.10. The Hall–Kier alpha value is -3.62. The first-order valence-corrected chi connectivity index (χ1v) is 7.27. The molecule has 9 heteroatoms. The van der Waals surface area contributed by atoms with Gasteiger partial charge in [-0.2, -0.15) is 0 Å². The maximum Gasteiger partial charge on any atom is 0.325 e. The highest BCUT2D eigenvalue weighted by atomic mass is 16.5. The van der Waals surface area contributed by atoms with E-state index in [0.29, 0.717) is 5.75 Å². The van der Waals surface area contributed by atoms with E-state index in [4.69, 9.17) is 4.74 Å². The number of aromatic nitrogens is 3. The molecule has 0 saturated heterocycles. The summed E-state index contributed by atoms with van der Waals surface area (Å²) in [6.45, 7) is -0.354. The van der Waals surface area contributed by atoms with Gasteiger partial charge in [-0.25, -0.2) is 9.50 Å². The second-order valence-electron chi connectivity index (χ2n) is 4.94. The second kappa shape index (κ2) is 6.87. The molecular weight excluding hydrogens is 328 g/mol. The van der Waals surface area contributed by atoms with Crippen molar-refractivity contribution in [1.29, 1.82) is 0 Å². The molecule has 25 heavy (non-hydrogen) atoms. The summed E-state index contributed by atoms with van der Waals surface area (Å²) in [6, 6.07) is 10.0. The van der Waals surface area contributed by atoms with E-state index < -0.39 is 17.3 Å². The largest absolute Gasteiger partial charge is 0.468 e. The molecule has 0 bridgehead atoms. The topological polar surface area (TPSA) is 115 Å². The molecule has 1 aromatic carbocycles. The van der Waals surface area contributed by atoms with Crippen LogP contribution in [0.1, 0.15) is 10.4 Å². The molecule has 0 aliphatic carbocycles. The summed E-state index contributed by atoms with van der Waals surface area (Å²) in [5, 5.41) is 5.10. The molecule has 0 spiro atoms. The molecule has 1 amide bonds. The number of aromatic amines is 1. The summed E-state index contributed by atoms with van der Waals surface area (Å²) < 4.78 is 11.5. The predicted octanol–water partition coefficient (Wildman–Crippen LogP) is 0.718. The molecule has 2 aromatic heterocycles. The fourth-order valence-corrected chi connectivity index (χ4v) is 2.18. The maximum absolute atomic E-state index is 12.4. The lowest BCUT2D eigenvalue weighted by atomic mass is 10.2. The van der Waals surface area contributed by atoms with Gasteiger partial charge in [0.15, 0.2) is 5.65 Å². The first kappa shape index (κ1) is 16.2. The molecule has 0 fully saturated rings. The van der Waals surface area contributed by atoms with Gasteiger partial charge in [0.25, 0.3) is 5.91 Å². The lowest BCUT2D eigenvalue weighted by Crippen LogP contribution is -2.33. The number of ether oxygens (including phenoxy) is 2. The molecule has 0 unspecified atom stereocenters. The molecule has 0 saturated carbocycles. The zero-order chi connectivity index (χ0) is 17.8. The van der Waals surface area contributed by atoms with Gasteiger partial charge in [-0.1, -0.05) is 18.2 Å². The number of hydrogen-bond acceptors (Lipinski definition) is 6. The Morgan fingerprint density at radius 3 is 2.76 bits per heavy atom. The van der Waals surface area contributed by atoms with E-state index >= 15 is 0 Å². The molecule has 0 aliphatic heterocycles. The van der Waals surface area contributed by atoms with E-state index in [9.17, 15) is 14.4 Å². The molecule has 0 radical (unpaired) electrons. The summed E-state index contributed by atoms with van der Waals surface area (Å²) in [7, 11) is 1.20. The minimum Gasteiger partial charge on any atom is -0.468 e. The van der Waals surface area contributed by atoms with Gasteiger partial charge in [0.1, 0.15) is 24.2 Å². The van der Waals surface area contributed by atoms with E-state index in [1.165, 1.54) is 24.0 Å². The standard InChI is InChI=1S/C16H14N4O5/c1-24-13(22)8-17-16(23)14-11(21)7-12(20-15(14)18-9-19-20)25-10-5-3-2-4-6-10/h2-7,9H,8H2,1H3,(H,17,23)(H,18,19). The molecule has 3 aromatic rings. The number of pyridine rings is 1.